The molecule has 2 amide bonds. The molecule has 0 aliphatic rings. The Morgan fingerprint density at radius 1 is 1.05 bits per heavy atom. The van der Waals surface area contributed by atoms with Gasteiger partial charge in [0.05, 0.1) is 20.8 Å². The number of ether oxygens (including phenoxy) is 3. The van der Waals surface area contributed by atoms with Gasteiger partial charge in [0.1, 0.15) is 23.9 Å². The van der Waals surface area contributed by atoms with Crippen LogP contribution in [-0.2, 0) is 0 Å². The van der Waals surface area contributed by atoms with E-state index in [1.807, 2.05) is 20.8 Å². The van der Waals surface area contributed by atoms with E-state index in [1.165, 1.54) is 0 Å². The molecule has 6 nitrogen and oxygen atoms in total. The van der Waals surface area contributed by atoms with Crippen molar-refractivity contribution in [2.24, 2.45) is 0 Å². The molecule has 0 atom stereocenters. The van der Waals surface area contributed by atoms with Gasteiger partial charge in [-0.3, -0.25) is 0 Å². The van der Waals surface area contributed by atoms with Crippen LogP contribution >= 0.6 is 0 Å². The molecule has 1 rings (SSSR count). The molecule has 1 aromatic carbocycles. The predicted octanol–water partition coefficient (Wildman–Crippen LogP) is 2.18. The van der Waals surface area contributed by atoms with Crippen molar-refractivity contribution in [2.75, 3.05) is 27.4 Å². The average Bonchev–Trinajstić information content (AvgIpc) is 2.41. The highest BCUT2D eigenvalue weighted by Gasteiger charge is 2.12. The summed E-state index contributed by atoms with van der Waals surface area (Å²) in [6.07, 6.45) is 0. The lowest BCUT2D eigenvalue weighted by atomic mass is 10.1. The highest BCUT2D eigenvalue weighted by atomic mass is 16.5. The Hall–Kier alpha value is -2.11. The Morgan fingerprint density at radius 2 is 1.57 bits per heavy atom. The lowest BCUT2D eigenvalue weighted by molar-refractivity contribution is 0.228. The van der Waals surface area contributed by atoms with Gasteiger partial charge in [0.15, 0.2) is 0 Å². The Labute approximate surface area is 125 Å². The van der Waals surface area contributed by atoms with Crippen molar-refractivity contribution in [1.82, 2.24) is 10.6 Å². The predicted molar refractivity (Wildman–Crippen MR) is 81.3 cm³/mol. The van der Waals surface area contributed by atoms with E-state index < -0.39 is 0 Å². The largest absolute Gasteiger partial charge is 0.496 e. The second-order valence-corrected chi connectivity index (χ2v) is 5.53. The van der Waals surface area contributed by atoms with Gasteiger partial charge in [-0.05, 0) is 20.8 Å². The molecule has 1 aromatic rings. The van der Waals surface area contributed by atoms with Crippen LogP contribution in [0.1, 0.15) is 20.8 Å². The molecule has 0 unspecified atom stereocenters. The quantitative estimate of drug-likeness (QED) is 0.790. The second kappa shape index (κ2) is 7.61. The first kappa shape index (κ1) is 16.9. The lowest BCUT2D eigenvalue weighted by Gasteiger charge is -2.20. The van der Waals surface area contributed by atoms with Gasteiger partial charge >= 0.3 is 6.03 Å². The molecule has 21 heavy (non-hydrogen) atoms. The molecular weight excluding hydrogens is 272 g/mol. The van der Waals surface area contributed by atoms with E-state index in [-0.39, 0.29) is 11.6 Å². The van der Waals surface area contributed by atoms with E-state index in [0.29, 0.717) is 30.4 Å². The fourth-order valence-corrected chi connectivity index (χ4v) is 1.58. The van der Waals surface area contributed by atoms with Crippen LogP contribution in [0.2, 0.25) is 0 Å². The number of urea groups is 1. The second-order valence-electron chi connectivity index (χ2n) is 5.53. The summed E-state index contributed by atoms with van der Waals surface area (Å²) in [7, 11) is 3.16. The third-order valence-electron chi connectivity index (χ3n) is 2.47. The highest BCUT2D eigenvalue weighted by molar-refractivity contribution is 5.74. The van der Waals surface area contributed by atoms with Crippen LogP contribution < -0.4 is 24.8 Å². The third-order valence-corrected chi connectivity index (χ3v) is 2.47. The van der Waals surface area contributed by atoms with Crippen molar-refractivity contribution in [2.45, 2.75) is 26.3 Å². The van der Waals surface area contributed by atoms with Crippen LogP contribution in [0.4, 0.5) is 4.79 Å². The highest BCUT2D eigenvalue weighted by Crippen LogP contribution is 2.27. The standard InChI is InChI=1S/C15H24N2O4/c1-15(2,3)17-14(18)16-6-7-21-13-9-11(19-4)8-12(10-13)20-5/h8-10H,6-7H2,1-5H3,(H2,16,17,18). The fourth-order valence-electron chi connectivity index (χ4n) is 1.58. The first-order chi connectivity index (χ1) is 9.84. The lowest BCUT2D eigenvalue weighted by Crippen LogP contribution is -2.47. The minimum absolute atomic E-state index is 0.214. The van der Waals surface area contributed by atoms with Crippen LogP contribution in [0.25, 0.3) is 0 Å². The Kier molecular flexibility index (Phi) is 6.14. The van der Waals surface area contributed by atoms with Gasteiger partial charge in [0.2, 0.25) is 0 Å². The molecule has 0 aromatic heterocycles. The van der Waals surface area contributed by atoms with E-state index in [4.69, 9.17) is 14.2 Å². The van der Waals surface area contributed by atoms with Crippen LogP contribution in [0.15, 0.2) is 18.2 Å². The first-order valence-electron chi connectivity index (χ1n) is 6.76. The summed E-state index contributed by atoms with van der Waals surface area (Å²) < 4.78 is 15.9. The minimum atomic E-state index is -0.259. The number of nitrogens with one attached hydrogen (secondary N) is 2. The molecule has 0 fully saturated rings. The number of hydrogen-bond acceptors (Lipinski definition) is 4. The molecule has 118 valence electrons. The van der Waals surface area contributed by atoms with Crippen LogP contribution in [-0.4, -0.2) is 38.9 Å². The Bertz CT molecular complexity index is 447. The first-order valence-corrected chi connectivity index (χ1v) is 6.76. The monoisotopic (exact) mass is 296 g/mol. The van der Waals surface area contributed by atoms with Gasteiger partial charge < -0.3 is 24.8 Å². The van der Waals surface area contributed by atoms with E-state index in [0.717, 1.165) is 0 Å². The number of amides is 2. The van der Waals surface area contributed by atoms with Crippen molar-refractivity contribution in [1.29, 1.82) is 0 Å². The van der Waals surface area contributed by atoms with Gasteiger partial charge in [0, 0.05) is 23.7 Å². The van der Waals surface area contributed by atoms with Crippen molar-refractivity contribution >= 4 is 6.03 Å². The molecule has 0 spiro atoms. The normalized spacial score (nSPS) is 10.7. The van der Waals surface area contributed by atoms with Crippen LogP contribution in [0.5, 0.6) is 17.2 Å². The zero-order valence-corrected chi connectivity index (χ0v) is 13.3. The zero-order valence-electron chi connectivity index (χ0n) is 13.3. The molecule has 0 saturated carbocycles. The van der Waals surface area contributed by atoms with Gasteiger partial charge in [-0.1, -0.05) is 0 Å². The summed E-state index contributed by atoms with van der Waals surface area (Å²) in [6.45, 7) is 6.53. The van der Waals surface area contributed by atoms with E-state index in [2.05, 4.69) is 10.6 Å². The molecule has 2 N–H and O–H groups in total. The van der Waals surface area contributed by atoms with Crippen molar-refractivity contribution in [3.63, 3.8) is 0 Å². The fraction of sp³-hybridized carbons (Fsp3) is 0.533. The van der Waals surface area contributed by atoms with Gasteiger partial charge in [-0.2, -0.15) is 0 Å². The number of rotatable bonds is 6. The Morgan fingerprint density at radius 3 is 2.05 bits per heavy atom. The SMILES string of the molecule is COc1cc(OC)cc(OCCNC(=O)NC(C)(C)C)c1. The molecule has 0 heterocycles. The summed E-state index contributed by atoms with van der Waals surface area (Å²) >= 11 is 0. The smallest absolute Gasteiger partial charge is 0.315 e. The Balaban J connectivity index is 2.40. The topological polar surface area (TPSA) is 68.8 Å². The van der Waals surface area contributed by atoms with Crippen molar-refractivity contribution < 1.29 is 19.0 Å². The van der Waals surface area contributed by atoms with Gasteiger partial charge in [0.25, 0.3) is 0 Å². The molecule has 0 bridgehead atoms. The third kappa shape index (κ3) is 6.74. The summed E-state index contributed by atoms with van der Waals surface area (Å²) in [4.78, 5) is 11.6. The number of methoxy groups -OCH3 is 2. The van der Waals surface area contributed by atoms with E-state index >= 15 is 0 Å². The van der Waals surface area contributed by atoms with E-state index in [9.17, 15) is 4.79 Å². The van der Waals surface area contributed by atoms with Crippen LogP contribution in [0.3, 0.4) is 0 Å². The molecule has 0 aliphatic heterocycles. The van der Waals surface area contributed by atoms with Gasteiger partial charge in [-0.15, -0.1) is 0 Å². The maximum atomic E-state index is 11.6. The van der Waals surface area contributed by atoms with Gasteiger partial charge in [-0.25, -0.2) is 4.79 Å². The minimum Gasteiger partial charge on any atom is -0.496 e. The summed E-state index contributed by atoms with van der Waals surface area (Å²) in [5.41, 5.74) is -0.259. The summed E-state index contributed by atoms with van der Waals surface area (Å²) in [5.74, 6) is 1.94. The summed E-state index contributed by atoms with van der Waals surface area (Å²) in [5, 5.41) is 5.54. The number of hydrogen-bond donors (Lipinski definition) is 2. The number of carbonyl (C=O) groups excluding carboxylic acids is 1. The number of carbonyl (C=O) groups is 1. The van der Waals surface area contributed by atoms with Crippen molar-refractivity contribution in [3.05, 3.63) is 18.2 Å². The molecular formula is C15H24N2O4. The molecule has 0 radical (unpaired) electrons. The molecule has 6 heteroatoms. The zero-order chi connectivity index (χ0) is 15.9. The molecule has 0 aliphatic carbocycles. The maximum Gasteiger partial charge on any atom is 0.315 e. The van der Waals surface area contributed by atoms with Crippen LogP contribution in [0, 0.1) is 0 Å². The average molecular weight is 296 g/mol. The molecule has 0 saturated heterocycles. The maximum absolute atomic E-state index is 11.6. The summed E-state index contributed by atoms with van der Waals surface area (Å²) in [6, 6.07) is 5.08. The number of benzene rings is 1. The van der Waals surface area contributed by atoms with Crippen molar-refractivity contribution in [3.8, 4) is 17.2 Å². The van der Waals surface area contributed by atoms with E-state index in [1.54, 1.807) is 32.4 Å².